The van der Waals surface area contributed by atoms with E-state index in [1.807, 2.05) is 6.07 Å². The van der Waals surface area contributed by atoms with Crippen molar-refractivity contribution in [3.8, 4) is 0 Å². The van der Waals surface area contributed by atoms with Gasteiger partial charge in [0, 0.05) is 46.4 Å². The second kappa shape index (κ2) is 13.3. The molecule has 11 heteroatoms. The van der Waals surface area contributed by atoms with Crippen LogP contribution in [0.1, 0.15) is 93.4 Å². The molecule has 0 amide bonds. The fraction of sp³-hybridized carbons (Fsp3) is 0.606. The number of aromatic nitrogens is 3. The van der Waals surface area contributed by atoms with E-state index in [1.54, 1.807) is 11.5 Å². The molecule has 0 unspecified atom stereocenters. The molecule has 2 fully saturated rings. The third-order valence-corrected chi connectivity index (χ3v) is 11.2. The van der Waals surface area contributed by atoms with Crippen LogP contribution in [0.15, 0.2) is 35.4 Å². The van der Waals surface area contributed by atoms with Gasteiger partial charge in [0.15, 0.2) is 0 Å². The van der Waals surface area contributed by atoms with Gasteiger partial charge in [0.2, 0.25) is 0 Å². The fourth-order valence-electron chi connectivity index (χ4n) is 7.22. The van der Waals surface area contributed by atoms with Crippen LogP contribution < -0.4 is 10.9 Å². The first-order valence-electron chi connectivity index (χ1n) is 16.1. The maximum Gasteiger partial charge on any atom is 0.276 e. The first kappa shape index (κ1) is 31.2. The lowest BCUT2D eigenvalue weighted by molar-refractivity contribution is -0.0401. The minimum atomic E-state index is -3.28. The van der Waals surface area contributed by atoms with E-state index in [9.17, 15) is 9.00 Å². The van der Waals surface area contributed by atoms with Gasteiger partial charge in [0.1, 0.15) is 23.6 Å². The summed E-state index contributed by atoms with van der Waals surface area (Å²) >= 11 is 0. The van der Waals surface area contributed by atoms with Gasteiger partial charge in [-0.3, -0.25) is 13.6 Å². The van der Waals surface area contributed by atoms with Crippen molar-refractivity contribution >= 4 is 27.7 Å². The summed E-state index contributed by atoms with van der Waals surface area (Å²) in [4.78, 5) is 25.2. The minimum Gasteiger partial charge on any atom is -0.363 e. The molecule has 0 saturated carbocycles. The van der Waals surface area contributed by atoms with E-state index >= 15 is 13.2 Å². The lowest BCUT2D eigenvalue weighted by Gasteiger charge is -2.34. The first-order chi connectivity index (χ1) is 21.2. The molecule has 1 aromatic carbocycles. The quantitative estimate of drug-likeness (QED) is 0.331. The molecule has 7 nitrogen and oxygen atoms in total. The van der Waals surface area contributed by atoms with Gasteiger partial charge in [-0.2, -0.15) is 0 Å². The van der Waals surface area contributed by atoms with Crippen LogP contribution in [0, 0.1) is 11.7 Å². The molecule has 0 radical (unpaired) electrons. The van der Waals surface area contributed by atoms with Gasteiger partial charge in [-0.1, -0.05) is 31.0 Å². The van der Waals surface area contributed by atoms with Crippen LogP contribution in [0.5, 0.6) is 0 Å². The number of anilines is 1. The van der Waals surface area contributed by atoms with Crippen LogP contribution >= 0.6 is 0 Å². The highest BCUT2D eigenvalue weighted by Gasteiger charge is 2.39. The number of alkyl halides is 2. The van der Waals surface area contributed by atoms with Crippen LogP contribution in [0.4, 0.5) is 19.0 Å². The molecule has 3 aromatic rings. The Labute approximate surface area is 259 Å². The lowest BCUT2D eigenvalue weighted by Crippen LogP contribution is -2.36. The Kier molecular flexibility index (Phi) is 9.42. The third kappa shape index (κ3) is 6.59. The molecule has 4 aliphatic heterocycles. The summed E-state index contributed by atoms with van der Waals surface area (Å²) in [6, 6.07) is 5.40. The Balaban J connectivity index is 1.40. The molecule has 4 aliphatic rings. The second-order valence-electron chi connectivity index (χ2n) is 12.8. The Morgan fingerprint density at radius 3 is 2.43 bits per heavy atom. The molecule has 44 heavy (non-hydrogen) atoms. The molecule has 0 spiro atoms. The zero-order valence-electron chi connectivity index (χ0n) is 25.4. The van der Waals surface area contributed by atoms with Crippen LogP contribution in [-0.4, -0.2) is 54.8 Å². The van der Waals surface area contributed by atoms with Crippen LogP contribution in [0.2, 0.25) is 0 Å². The molecule has 8 bridgehead atoms. The predicted octanol–water partition coefficient (Wildman–Crippen LogP) is 6.50. The van der Waals surface area contributed by atoms with E-state index in [-0.39, 0.29) is 29.4 Å². The van der Waals surface area contributed by atoms with E-state index in [4.69, 9.17) is 0 Å². The maximum absolute atomic E-state index is 15.9. The second-order valence-corrected chi connectivity index (χ2v) is 14.5. The summed E-state index contributed by atoms with van der Waals surface area (Å²) in [5, 5.41) is 3.90. The molecular weight excluding hydrogens is 587 g/mol. The van der Waals surface area contributed by atoms with Crippen molar-refractivity contribution in [3.05, 3.63) is 63.5 Å². The Hall–Kier alpha value is -2.79. The average molecular weight is 630 g/mol. The Bertz CT molecular complexity index is 1560. The topological polar surface area (TPSA) is 80.1 Å². The number of hydrogen-bond acceptors (Lipinski definition) is 6. The Morgan fingerprint density at radius 2 is 1.68 bits per heavy atom. The van der Waals surface area contributed by atoms with Gasteiger partial charge in [-0.25, -0.2) is 23.1 Å². The van der Waals surface area contributed by atoms with Crippen LogP contribution in [0.3, 0.4) is 0 Å². The number of aryl methyl sites for hydroxylation is 1. The highest BCUT2D eigenvalue weighted by atomic mass is 32.2. The average Bonchev–Trinajstić information content (AvgIpc) is 3.00. The van der Waals surface area contributed by atoms with Gasteiger partial charge in [-0.05, 0) is 83.0 Å². The maximum atomic E-state index is 15.9. The summed E-state index contributed by atoms with van der Waals surface area (Å²) in [5.74, 6) is -2.79. The van der Waals surface area contributed by atoms with Crippen molar-refractivity contribution in [1.29, 1.82) is 0 Å². The normalized spacial score (nSPS) is 28.3. The molecule has 2 saturated heterocycles. The summed E-state index contributed by atoms with van der Waals surface area (Å²) < 4.78 is 60.9. The number of benzene rings is 1. The SMILES string of the molecule is C[C@H]1Nc2ncnc3c2cc(C2CCS(=O)CC2)c(=O)n3CCCCCCN2CCC(CC2)CC(F)(F)c2cccc1c2F. The predicted molar refractivity (Wildman–Crippen MR) is 168 cm³/mol. The van der Waals surface area contributed by atoms with Crippen molar-refractivity contribution in [2.45, 2.75) is 89.1 Å². The van der Waals surface area contributed by atoms with Crippen LogP contribution in [0.25, 0.3) is 11.0 Å². The van der Waals surface area contributed by atoms with Gasteiger partial charge in [-0.15, -0.1) is 0 Å². The molecule has 238 valence electrons. The Morgan fingerprint density at radius 1 is 0.955 bits per heavy atom. The number of rotatable bonds is 1. The highest BCUT2D eigenvalue weighted by Crippen LogP contribution is 2.41. The van der Waals surface area contributed by atoms with E-state index in [1.165, 1.54) is 24.5 Å². The summed E-state index contributed by atoms with van der Waals surface area (Å²) in [5.41, 5.74) is 0.662. The molecule has 1 atom stereocenters. The van der Waals surface area contributed by atoms with E-state index in [0.717, 1.165) is 45.3 Å². The zero-order chi connectivity index (χ0) is 30.8. The molecule has 7 rings (SSSR count). The number of pyridine rings is 1. The molecule has 6 heterocycles. The van der Waals surface area contributed by atoms with Crippen molar-refractivity contribution in [3.63, 3.8) is 0 Å². The van der Waals surface area contributed by atoms with Crippen molar-refractivity contribution in [2.75, 3.05) is 36.5 Å². The lowest BCUT2D eigenvalue weighted by atomic mass is 9.87. The smallest absolute Gasteiger partial charge is 0.276 e. The number of halogens is 3. The van der Waals surface area contributed by atoms with E-state index in [2.05, 4.69) is 20.2 Å². The number of nitrogens with one attached hydrogen (secondary N) is 1. The van der Waals surface area contributed by atoms with Crippen LogP contribution in [-0.2, 0) is 23.3 Å². The van der Waals surface area contributed by atoms with Gasteiger partial charge >= 0.3 is 0 Å². The zero-order valence-corrected chi connectivity index (χ0v) is 26.2. The van der Waals surface area contributed by atoms with E-state index < -0.39 is 34.1 Å². The first-order valence-corrected chi connectivity index (χ1v) is 17.6. The number of nitrogens with zero attached hydrogens (tertiary/aromatic N) is 4. The minimum absolute atomic E-state index is 0.0172. The summed E-state index contributed by atoms with van der Waals surface area (Å²) in [7, 11) is -0.864. The molecular formula is C33H42F3N5O2S. The fourth-order valence-corrected chi connectivity index (χ4v) is 8.52. The largest absolute Gasteiger partial charge is 0.363 e. The number of fused-ring (bicyclic) bond motifs is 9. The molecule has 1 N–H and O–H groups in total. The van der Waals surface area contributed by atoms with Crippen molar-refractivity contribution in [1.82, 2.24) is 19.4 Å². The highest BCUT2D eigenvalue weighted by molar-refractivity contribution is 7.85. The van der Waals surface area contributed by atoms with Crippen molar-refractivity contribution in [2.24, 2.45) is 5.92 Å². The standard InChI is InChI=1S/C33H42F3N5O2S/c1-22-25-7-6-8-28(29(25)34)33(35,36)20-23-9-15-40(16-10-23)13-4-2-3-5-14-41-31-27(30(39-22)37-21-38-31)19-26(32(41)42)24-11-17-44(43)18-12-24/h6-8,19,21-24H,2-5,9-18,20H2,1H3,(H,37,38,39)/t22-,24?,44?/m1/s1. The van der Waals surface area contributed by atoms with Gasteiger partial charge in [0.25, 0.3) is 11.5 Å². The number of hydrogen-bond donors (Lipinski definition) is 1. The summed E-state index contributed by atoms with van der Waals surface area (Å²) in [6.45, 7) is 4.75. The molecule has 2 aromatic heterocycles. The number of piperidine rings is 1. The van der Waals surface area contributed by atoms with Crippen molar-refractivity contribution < 1.29 is 17.4 Å². The van der Waals surface area contributed by atoms with Gasteiger partial charge < -0.3 is 10.2 Å². The summed E-state index contributed by atoms with van der Waals surface area (Å²) in [6.07, 6.45) is 7.58. The monoisotopic (exact) mass is 629 g/mol. The van der Waals surface area contributed by atoms with E-state index in [0.29, 0.717) is 66.1 Å². The third-order valence-electron chi connectivity index (χ3n) is 9.84. The molecule has 0 aliphatic carbocycles. The van der Waals surface area contributed by atoms with Gasteiger partial charge in [0.05, 0.1) is 17.0 Å².